The van der Waals surface area contributed by atoms with Crippen LogP contribution in [-0.2, 0) is 6.42 Å². The molecule has 0 aliphatic heterocycles. The van der Waals surface area contributed by atoms with Crippen molar-refractivity contribution < 1.29 is 0 Å². The van der Waals surface area contributed by atoms with Crippen LogP contribution in [0.5, 0.6) is 0 Å². The van der Waals surface area contributed by atoms with Crippen molar-refractivity contribution in [2.24, 2.45) is 5.92 Å². The molecule has 0 aromatic heterocycles. The first-order valence-electron chi connectivity index (χ1n) is 5.43. The van der Waals surface area contributed by atoms with Crippen LogP contribution in [0.4, 0.5) is 0 Å². The van der Waals surface area contributed by atoms with Gasteiger partial charge in [0.2, 0.25) is 0 Å². The molecule has 76 valence electrons. The predicted molar refractivity (Wildman–Crippen MR) is 63.5 cm³/mol. The van der Waals surface area contributed by atoms with Gasteiger partial charge in [-0.3, -0.25) is 0 Å². The Morgan fingerprint density at radius 2 is 2.07 bits per heavy atom. The second kappa shape index (κ2) is 5.64. The summed E-state index contributed by atoms with van der Waals surface area (Å²) >= 11 is 0. The largest absolute Gasteiger partial charge is 0.103 e. The maximum atomic E-state index is 3.81. The van der Waals surface area contributed by atoms with Gasteiger partial charge in [0.15, 0.2) is 0 Å². The standard InChI is InChI=1S/C14H20/c1-4-8-13(5-2)11-14-10-7-6-9-12(14)3/h4,6-7,9-10,13H,1,5,8,11H2,2-3H3. The Morgan fingerprint density at radius 3 is 2.64 bits per heavy atom. The average molecular weight is 188 g/mol. The van der Waals surface area contributed by atoms with Crippen LogP contribution in [0.2, 0.25) is 0 Å². The van der Waals surface area contributed by atoms with Gasteiger partial charge in [-0.05, 0) is 36.8 Å². The Bertz CT molecular complexity index is 286. The maximum Gasteiger partial charge on any atom is -0.0245 e. The maximum absolute atomic E-state index is 3.81. The lowest BCUT2D eigenvalue weighted by molar-refractivity contribution is 0.513. The summed E-state index contributed by atoms with van der Waals surface area (Å²) in [5.74, 6) is 0.758. The van der Waals surface area contributed by atoms with Gasteiger partial charge in [-0.1, -0.05) is 43.7 Å². The first-order valence-corrected chi connectivity index (χ1v) is 5.43. The van der Waals surface area contributed by atoms with Crippen molar-refractivity contribution in [1.82, 2.24) is 0 Å². The van der Waals surface area contributed by atoms with Crippen LogP contribution >= 0.6 is 0 Å². The monoisotopic (exact) mass is 188 g/mol. The quantitative estimate of drug-likeness (QED) is 0.609. The van der Waals surface area contributed by atoms with Gasteiger partial charge >= 0.3 is 0 Å². The molecule has 0 saturated heterocycles. The summed E-state index contributed by atoms with van der Waals surface area (Å²) in [4.78, 5) is 0. The topological polar surface area (TPSA) is 0 Å². The molecular weight excluding hydrogens is 168 g/mol. The highest BCUT2D eigenvalue weighted by Crippen LogP contribution is 2.18. The molecular formula is C14H20. The molecule has 0 aliphatic rings. The Morgan fingerprint density at radius 1 is 1.36 bits per heavy atom. The van der Waals surface area contributed by atoms with Gasteiger partial charge < -0.3 is 0 Å². The SMILES string of the molecule is C=CCC(CC)Cc1ccccc1C. The zero-order valence-electron chi connectivity index (χ0n) is 9.29. The van der Waals surface area contributed by atoms with Crippen LogP contribution in [-0.4, -0.2) is 0 Å². The number of hydrogen-bond acceptors (Lipinski definition) is 0. The second-order valence-corrected chi connectivity index (χ2v) is 3.93. The number of rotatable bonds is 5. The Hall–Kier alpha value is -1.04. The molecule has 1 unspecified atom stereocenters. The third-order valence-electron chi connectivity index (χ3n) is 2.85. The fourth-order valence-electron chi connectivity index (χ4n) is 1.78. The van der Waals surface area contributed by atoms with Gasteiger partial charge in [0.1, 0.15) is 0 Å². The molecule has 0 saturated carbocycles. The van der Waals surface area contributed by atoms with Crippen LogP contribution in [0.1, 0.15) is 30.9 Å². The van der Waals surface area contributed by atoms with Crippen LogP contribution in [0.25, 0.3) is 0 Å². The van der Waals surface area contributed by atoms with E-state index in [-0.39, 0.29) is 0 Å². The van der Waals surface area contributed by atoms with Gasteiger partial charge in [-0.25, -0.2) is 0 Å². The fraction of sp³-hybridized carbons (Fsp3) is 0.429. The zero-order chi connectivity index (χ0) is 10.4. The van der Waals surface area contributed by atoms with E-state index in [2.05, 4.69) is 44.7 Å². The lowest BCUT2D eigenvalue weighted by Crippen LogP contribution is -2.03. The van der Waals surface area contributed by atoms with Crippen molar-refractivity contribution >= 4 is 0 Å². The Labute approximate surface area is 87.7 Å². The van der Waals surface area contributed by atoms with Gasteiger partial charge in [0.05, 0.1) is 0 Å². The fourth-order valence-corrected chi connectivity index (χ4v) is 1.78. The lowest BCUT2D eigenvalue weighted by Gasteiger charge is -2.14. The molecule has 0 aliphatic carbocycles. The molecule has 0 heterocycles. The van der Waals surface area contributed by atoms with E-state index in [0.29, 0.717) is 0 Å². The van der Waals surface area contributed by atoms with E-state index in [1.165, 1.54) is 24.0 Å². The summed E-state index contributed by atoms with van der Waals surface area (Å²) in [6, 6.07) is 8.66. The lowest BCUT2D eigenvalue weighted by atomic mass is 9.92. The normalized spacial score (nSPS) is 12.4. The van der Waals surface area contributed by atoms with Crippen molar-refractivity contribution in [2.45, 2.75) is 33.1 Å². The van der Waals surface area contributed by atoms with Crippen molar-refractivity contribution in [2.75, 3.05) is 0 Å². The molecule has 1 aromatic rings. The molecule has 0 spiro atoms. The van der Waals surface area contributed by atoms with Crippen molar-refractivity contribution in [3.05, 3.63) is 48.0 Å². The van der Waals surface area contributed by atoms with Crippen LogP contribution in [0.3, 0.4) is 0 Å². The molecule has 0 nitrogen and oxygen atoms in total. The minimum atomic E-state index is 0.758. The highest BCUT2D eigenvalue weighted by atomic mass is 14.1. The summed E-state index contributed by atoms with van der Waals surface area (Å²) < 4.78 is 0. The number of aryl methyl sites for hydroxylation is 1. The van der Waals surface area contributed by atoms with E-state index >= 15 is 0 Å². The summed E-state index contributed by atoms with van der Waals surface area (Å²) in [5, 5.41) is 0. The molecule has 1 atom stereocenters. The molecule has 1 aromatic carbocycles. The van der Waals surface area contributed by atoms with E-state index in [1.807, 2.05) is 6.08 Å². The average Bonchev–Trinajstić information content (AvgIpc) is 2.20. The summed E-state index contributed by atoms with van der Waals surface area (Å²) in [5.41, 5.74) is 2.90. The summed E-state index contributed by atoms with van der Waals surface area (Å²) in [6.45, 7) is 8.26. The van der Waals surface area contributed by atoms with E-state index in [0.717, 1.165) is 12.3 Å². The highest BCUT2D eigenvalue weighted by molar-refractivity contribution is 5.25. The zero-order valence-corrected chi connectivity index (χ0v) is 9.29. The van der Waals surface area contributed by atoms with Gasteiger partial charge in [-0.2, -0.15) is 0 Å². The summed E-state index contributed by atoms with van der Waals surface area (Å²) in [6.07, 6.45) is 5.59. The Kier molecular flexibility index (Phi) is 4.45. The molecule has 14 heavy (non-hydrogen) atoms. The van der Waals surface area contributed by atoms with Crippen molar-refractivity contribution in [1.29, 1.82) is 0 Å². The smallest absolute Gasteiger partial charge is 0.0245 e. The van der Waals surface area contributed by atoms with Gasteiger partial charge in [0, 0.05) is 0 Å². The third kappa shape index (κ3) is 3.02. The molecule has 0 heteroatoms. The van der Waals surface area contributed by atoms with E-state index in [9.17, 15) is 0 Å². The van der Waals surface area contributed by atoms with Gasteiger partial charge in [0.25, 0.3) is 0 Å². The first-order chi connectivity index (χ1) is 6.77. The molecule has 0 bridgehead atoms. The molecule has 0 N–H and O–H groups in total. The summed E-state index contributed by atoms with van der Waals surface area (Å²) in [7, 11) is 0. The number of hydrogen-bond donors (Lipinski definition) is 0. The van der Waals surface area contributed by atoms with E-state index in [4.69, 9.17) is 0 Å². The Balaban J connectivity index is 2.66. The highest BCUT2D eigenvalue weighted by Gasteiger charge is 2.06. The number of allylic oxidation sites excluding steroid dienone is 1. The molecule has 0 radical (unpaired) electrons. The van der Waals surface area contributed by atoms with Crippen molar-refractivity contribution in [3.8, 4) is 0 Å². The van der Waals surface area contributed by atoms with E-state index < -0.39 is 0 Å². The third-order valence-corrected chi connectivity index (χ3v) is 2.85. The first kappa shape index (κ1) is 11.0. The molecule has 0 amide bonds. The minimum Gasteiger partial charge on any atom is -0.103 e. The molecule has 0 fully saturated rings. The minimum absolute atomic E-state index is 0.758. The van der Waals surface area contributed by atoms with Crippen LogP contribution in [0.15, 0.2) is 36.9 Å². The predicted octanol–water partition coefficient (Wildman–Crippen LogP) is 4.14. The van der Waals surface area contributed by atoms with Crippen LogP contribution < -0.4 is 0 Å². The van der Waals surface area contributed by atoms with Gasteiger partial charge in [-0.15, -0.1) is 6.58 Å². The van der Waals surface area contributed by atoms with Crippen molar-refractivity contribution in [3.63, 3.8) is 0 Å². The molecule has 1 rings (SSSR count). The van der Waals surface area contributed by atoms with Crippen LogP contribution in [0, 0.1) is 12.8 Å². The number of benzene rings is 1. The second-order valence-electron chi connectivity index (χ2n) is 3.93. The van der Waals surface area contributed by atoms with E-state index in [1.54, 1.807) is 0 Å².